The molecule has 0 radical (unpaired) electrons. The molecular formula is C27H32F3N3O3. The van der Waals surface area contributed by atoms with Crippen molar-refractivity contribution in [2.45, 2.75) is 63.9 Å². The van der Waals surface area contributed by atoms with Crippen LogP contribution in [0.2, 0.25) is 0 Å². The Morgan fingerprint density at radius 1 is 0.944 bits per heavy atom. The van der Waals surface area contributed by atoms with E-state index in [1.165, 1.54) is 17.7 Å². The highest BCUT2D eigenvalue weighted by Gasteiger charge is 2.33. The molecule has 4 rings (SSSR count). The fourth-order valence-corrected chi connectivity index (χ4v) is 5.15. The zero-order valence-corrected chi connectivity index (χ0v) is 20.6. The number of nitrogens with one attached hydrogen (secondary N) is 1. The Morgan fingerprint density at radius 2 is 1.58 bits per heavy atom. The van der Waals surface area contributed by atoms with Crippen molar-refractivity contribution in [3.05, 3.63) is 59.7 Å². The predicted octanol–water partition coefficient (Wildman–Crippen LogP) is 5.42. The van der Waals surface area contributed by atoms with Crippen LogP contribution in [0.15, 0.2) is 48.5 Å². The Morgan fingerprint density at radius 3 is 2.17 bits per heavy atom. The van der Waals surface area contributed by atoms with Crippen LogP contribution in [0.3, 0.4) is 0 Å². The molecule has 194 valence electrons. The van der Waals surface area contributed by atoms with Gasteiger partial charge in [0.2, 0.25) is 5.91 Å². The molecular weight excluding hydrogens is 471 g/mol. The molecule has 2 amide bonds. The Hall–Kier alpha value is -3.07. The molecule has 2 aliphatic heterocycles. The summed E-state index contributed by atoms with van der Waals surface area (Å²) in [5.74, 6) is -0.211. The van der Waals surface area contributed by atoms with Crippen molar-refractivity contribution < 1.29 is 27.5 Å². The fourth-order valence-electron chi connectivity index (χ4n) is 5.15. The lowest BCUT2D eigenvalue weighted by Crippen LogP contribution is -2.43. The van der Waals surface area contributed by atoms with E-state index in [1.54, 1.807) is 4.90 Å². The number of carbonyl (C=O) groups is 2. The normalized spacial score (nSPS) is 19.5. The van der Waals surface area contributed by atoms with Crippen LogP contribution in [0.25, 0.3) is 0 Å². The SMILES string of the molecule is CC(C)N1CCC[C@H]1C(=O)Nc1ccc(C2CCN(C(=O)c3ccc(OC(F)(F)F)cc3)CC2)cc1. The first kappa shape index (κ1) is 26.0. The Balaban J connectivity index is 1.28. The first-order valence-electron chi connectivity index (χ1n) is 12.4. The van der Waals surface area contributed by atoms with Crippen molar-refractivity contribution in [2.24, 2.45) is 0 Å². The van der Waals surface area contributed by atoms with Crippen LogP contribution in [-0.4, -0.2) is 59.7 Å². The molecule has 0 bridgehead atoms. The van der Waals surface area contributed by atoms with Crippen LogP contribution >= 0.6 is 0 Å². The van der Waals surface area contributed by atoms with Gasteiger partial charge >= 0.3 is 6.36 Å². The molecule has 2 aromatic carbocycles. The summed E-state index contributed by atoms with van der Waals surface area (Å²) in [6, 6.07) is 13.2. The molecule has 2 saturated heterocycles. The number of rotatable bonds is 6. The third kappa shape index (κ3) is 6.37. The lowest BCUT2D eigenvalue weighted by molar-refractivity contribution is -0.274. The number of nitrogens with zero attached hydrogens (tertiary/aromatic N) is 2. The van der Waals surface area contributed by atoms with Crippen molar-refractivity contribution in [1.82, 2.24) is 9.80 Å². The van der Waals surface area contributed by atoms with Crippen LogP contribution in [-0.2, 0) is 4.79 Å². The van der Waals surface area contributed by atoms with E-state index in [0.29, 0.717) is 30.6 Å². The van der Waals surface area contributed by atoms with E-state index in [4.69, 9.17) is 0 Å². The molecule has 1 atom stereocenters. The summed E-state index contributed by atoms with van der Waals surface area (Å²) in [7, 11) is 0. The number of alkyl halides is 3. The average molecular weight is 504 g/mol. The summed E-state index contributed by atoms with van der Waals surface area (Å²) >= 11 is 0. The monoisotopic (exact) mass is 503 g/mol. The first-order chi connectivity index (χ1) is 17.1. The number of anilines is 1. The van der Waals surface area contributed by atoms with Crippen LogP contribution in [0, 0.1) is 0 Å². The van der Waals surface area contributed by atoms with Crippen LogP contribution in [0.5, 0.6) is 5.75 Å². The van der Waals surface area contributed by atoms with Gasteiger partial charge in [-0.3, -0.25) is 14.5 Å². The first-order valence-corrected chi connectivity index (χ1v) is 12.4. The molecule has 2 aliphatic rings. The second-order valence-electron chi connectivity index (χ2n) is 9.74. The van der Waals surface area contributed by atoms with Gasteiger partial charge in [-0.25, -0.2) is 0 Å². The van der Waals surface area contributed by atoms with Gasteiger partial charge in [-0.05, 0) is 94.0 Å². The zero-order valence-electron chi connectivity index (χ0n) is 20.6. The number of ether oxygens (including phenoxy) is 1. The van der Waals surface area contributed by atoms with E-state index in [9.17, 15) is 22.8 Å². The average Bonchev–Trinajstić information content (AvgIpc) is 3.35. The van der Waals surface area contributed by atoms with E-state index in [1.807, 2.05) is 24.3 Å². The van der Waals surface area contributed by atoms with Gasteiger partial charge in [0.15, 0.2) is 0 Å². The summed E-state index contributed by atoms with van der Waals surface area (Å²) in [5, 5.41) is 3.05. The van der Waals surface area contributed by atoms with Crippen molar-refractivity contribution in [2.75, 3.05) is 25.0 Å². The number of amides is 2. The number of halogens is 3. The lowest BCUT2D eigenvalue weighted by atomic mass is 9.89. The molecule has 0 aromatic heterocycles. The molecule has 2 heterocycles. The molecule has 0 aliphatic carbocycles. The standard InChI is InChI=1S/C27H32F3N3O3/c1-18(2)33-15-3-4-24(33)25(34)31-22-9-5-19(6-10-22)20-13-16-32(17-14-20)26(35)21-7-11-23(12-8-21)36-27(28,29)30/h5-12,18,20,24H,3-4,13-17H2,1-2H3,(H,31,34)/t24-/m0/s1. The van der Waals surface area contributed by atoms with Crippen LogP contribution in [0.4, 0.5) is 18.9 Å². The molecule has 0 unspecified atom stereocenters. The Kier molecular flexibility index (Phi) is 7.88. The van der Waals surface area contributed by atoms with Gasteiger partial charge in [0, 0.05) is 30.4 Å². The summed E-state index contributed by atoms with van der Waals surface area (Å²) in [4.78, 5) is 29.5. The van der Waals surface area contributed by atoms with Gasteiger partial charge in [-0.2, -0.15) is 0 Å². The minimum absolute atomic E-state index is 0.0405. The number of likely N-dealkylation sites (tertiary alicyclic amines) is 2. The number of hydrogen-bond acceptors (Lipinski definition) is 4. The van der Waals surface area contributed by atoms with Gasteiger partial charge in [0.05, 0.1) is 6.04 Å². The van der Waals surface area contributed by atoms with Gasteiger partial charge in [0.1, 0.15) is 5.75 Å². The van der Waals surface area contributed by atoms with Gasteiger partial charge in [-0.15, -0.1) is 13.2 Å². The molecule has 2 fully saturated rings. The summed E-state index contributed by atoms with van der Waals surface area (Å²) in [6.45, 7) is 6.31. The molecule has 0 saturated carbocycles. The zero-order chi connectivity index (χ0) is 25.9. The third-order valence-corrected chi connectivity index (χ3v) is 7.03. The largest absolute Gasteiger partial charge is 0.573 e. The van der Waals surface area contributed by atoms with E-state index in [-0.39, 0.29) is 23.6 Å². The predicted molar refractivity (Wildman–Crippen MR) is 131 cm³/mol. The smallest absolute Gasteiger partial charge is 0.406 e. The number of hydrogen-bond donors (Lipinski definition) is 1. The van der Waals surface area contributed by atoms with Crippen LogP contribution < -0.4 is 10.1 Å². The maximum absolute atomic E-state index is 12.8. The minimum atomic E-state index is -4.76. The topological polar surface area (TPSA) is 61.9 Å². The summed E-state index contributed by atoms with van der Waals surface area (Å²) in [5.41, 5.74) is 2.28. The second-order valence-corrected chi connectivity index (χ2v) is 9.74. The molecule has 9 heteroatoms. The number of benzene rings is 2. The fraction of sp³-hybridized carbons (Fsp3) is 0.481. The second kappa shape index (κ2) is 10.9. The lowest BCUT2D eigenvalue weighted by Gasteiger charge is -2.32. The maximum atomic E-state index is 12.8. The molecule has 6 nitrogen and oxygen atoms in total. The number of piperidine rings is 1. The van der Waals surface area contributed by atoms with Crippen molar-refractivity contribution in [3.8, 4) is 5.75 Å². The van der Waals surface area contributed by atoms with Gasteiger partial charge in [-0.1, -0.05) is 12.1 Å². The van der Waals surface area contributed by atoms with Gasteiger partial charge in [0.25, 0.3) is 5.91 Å². The van der Waals surface area contributed by atoms with Gasteiger partial charge < -0.3 is 15.0 Å². The van der Waals surface area contributed by atoms with E-state index in [2.05, 4.69) is 28.8 Å². The summed E-state index contributed by atoms with van der Waals surface area (Å²) < 4.78 is 40.9. The summed E-state index contributed by atoms with van der Waals surface area (Å²) in [6.07, 6.45) is -1.27. The van der Waals surface area contributed by atoms with Crippen molar-refractivity contribution in [3.63, 3.8) is 0 Å². The highest BCUT2D eigenvalue weighted by molar-refractivity contribution is 5.95. The van der Waals surface area contributed by atoms with Crippen LogP contribution in [0.1, 0.15) is 61.4 Å². The van der Waals surface area contributed by atoms with Crippen molar-refractivity contribution in [1.29, 1.82) is 0 Å². The number of carbonyl (C=O) groups excluding carboxylic acids is 2. The molecule has 0 spiro atoms. The molecule has 2 aromatic rings. The quantitative estimate of drug-likeness (QED) is 0.572. The van der Waals surface area contributed by atoms with E-state index < -0.39 is 6.36 Å². The van der Waals surface area contributed by atoms with Crippen molar-refractivity contribution >= 4 is 17.5 Å². The molecule has 1 N–H and O–H groups in total. The molecule has 36 heavy (non-hydrogen) atoms. The minimum Gasteiger partial charge on any atom is -0.406 e. The van der Waals surface area contributed by atoms with E-state index >= 15 is 0 Å². The third-order valence-electron chi connectivity index (χ3n) is 7.03. The van der Waals surface area contributed by atoms with E-state index in [0.717, 1.165) is 50.0 Å². The maximum Gasteiger partial charge on any atom is 0.573 e. The highest BCUT2D eigenvalue weighted by Crippen LogP contribution is 2.30. The Bertz CT molecular complexity index is 1050. The highest BCUT2D eigenvalue weighted by atomic mass is 19.4. The Labute approximate surface area is 209 Å².